The number of carbonyl (C=O) groups is 1. The minimum absolute atomic E-state index is 0.0601. The quantitative estimate of drug-likeness (QED) is 0.680. The Morgan fingerprint density at radius 3 is 2.69 bits per heavy atom. The molecule has 0 aromatic rings. The van der Waals surface area contributed by atoms with Crippen molar-refractivity contribution in [3.63, 3.8) is 0 Å². The van der Waals surface area contributed by atoms with Gasteiger partial charge in [-0.15, -0.1) is 0 Å². The van der Waals surface area contributed by atoms with Gasteiger partial charge in [-0.3, -0.25) is 9.69 Å². The van der Waals surface area contributed by atoms with Crippen LogP contribution in [-0.2, 0) is 9.53 Å². The topological polar surface area (TPSA) is 53.3 Å². The highest BCUT2D eigenvalue weighted by atomic mass is 16.5. The van der Waals surface area contributed by atoms with Gasteiger partial charge in [-0.05, 0) is 39.8 Å². The van der Waals surface area contributed by atoms with Crippen LogP contribution in [0.3, 0.4) is 0 Å². The Labute approximate surface area is 97.2 Å². The smallest absolute Gasteiger partial charge is 0.309 e. The molecule has 1 aliphatic heterocycles. The molecule has 4 heteroatoms. The summed E-state index contributed by atoms with van der Waals surface area (Å²) in [6.45, 7) is 6.15. The molecule has 0 radical (unpaired) electrons. The minimum atomic E-state index is -0.0601. The highest BCUT2D eigenvalue weighted by molar-refractivity contribution is 5.72. The first-order chi connectivity index (χ1) is 7.69. The summed E-state index contributed by atoms with van der Waals surface area (Å²) in [5.41, 5.74) is 0. The van der Waals surface area contributed by atoms with Crippen molar-refractivity contribution in [1.29, 1.82) is 5.26 Å². The van der Waals surface area contributed by atoms with Crippen molar-refractivity contribution in [1.82, 2.24) is 4.90 Å². The van der Waals surface area contributed by atoms with Gasteiger partial charge in [0.05, 0.1) is 25.0 Å². The van der Waals surface area contributed by atoms with E-state index in [0.717, 1.165) is 25.9 Å². The fourth-order valence-corrected chi connectivity index (χ4v) is 2.10. The van der Waals surface area contributed by atoms with Gasteiger partial charge in [0.25, 0.3) is 0 Å². The Hall–Kier alpha value is -1.08. The first-order valence-electron chi connectivity index (χ1n) is 5.96. The fourth-order valence-electron chi connectivity index (χ4n) is 2.10. The van der Waals surface area contributed by atoms with E-state index in [1.54, 1.807) is 0 Å². The van der Waals surface area contributed by atoms with Gasteiger partial charge in [-0.2, -0.15) is 5.26 Å². The molecule has 90 valence electrons. The second kappa shape index (κ2) is 6.49. The zero-order valence-corrected chi connectivity index (χ0v) is 10.1. The molecular weight excluding hydrogens is 204 g/mol. The van der Waals surface area contributed by atoms with E-state index in [0.29, 0.717) is 19.1 Å². The molecule has 16 heavy (non-hydrogen) atoms. The Morgan fingerprint density at radius 1 is 1.56 bits per heavy atom. The number of ether oxygens (including phenoxy) is 1. The number of hydrogen-bond donors (Lipinski definition) is 0. The van der Waals surface area contributed by atoms with Crippen molar-refractivity contribution in [2.45, 2.75) is 39.2 Å². The Balaban J connectivity index is 2.34. The number of nitriles is 1. The third-order valence-electron chi connectivity index (χ3n) is 3.16. The molecule has 4 nitrogen and oxygen atoms in total. The lowest BCUT2D eigenvalue weighted by Crippen LogP contribution is -2.41. The standard InChI is InChI=1S/C12H20N2O2/c1-3-16-12(15)11-5-8-14(9-6-11)10(2)4-7-13/h10-11H,3-6,8-9H2,1-2H3. The molecule has 0 aliphatic carbocycles. The summed E-state index contributed by atoms with van der Waals surface area (Å²) < 4.78 is 5.01. The van der Waals surface area contributed by atoms with Crippen LogP contribution < -0.4 is 0 Å². The number of hydrogen-bond acceptors (Lipinski definition) is 4. The van der Waals surface area contributed by atoms with Crippen LogP contribution >= 0.6 is 0 Å². The molecule has 0 aromatic heterocycles. The largest absolute Gasteiger partial charge is 0.466 e. The third-order valence-corrected chi connectivity index (χ3v) is 3.16. The molecule has 0 N–H and O–H groups in total. The number of piperidine rings is 1. The SMILES string of the molecule is CCOC(=O)C1CCN(C(C)CC#N)CC1. The van der Waals surface area contributed by atoms with E-state index in [4.69, 9.17) is 10.00 Å². The number of likely N-dealkylation sites (tertiary alicyclic amines) is 1. The average molecular weight is 224 g/mol. The van der Waals surface area contributed by atoms with Crippen molar-refractivity contribution in [3.05, 3.63) is 0 Å². The first kappa shape index (κ1) is 13.0. The average Bonchev–Trinajstić information content (AvgIpc) is 2.30. The fraction of sp³-hybridized carbons (Fsp3) is 0.833. The van der Waals surface area contributed by atoms with E-state index < -0.39 is 0 Å². The summed E-state index contributed by atoms with van der Waals surface area (Å²) >= 11 is 0. The number of carbonyl (C=O) groups excluding carboxylic acids is 1. The van der Waals surface area contributed by atoms with Gasteiger partial charge in [0.15, 0.2) is 0 Å². The molecule has 1 unspecified atom stereocenters. The summed E-state index contributed by atoms with van der Waals surface area (Å²) in [6, 6.07) is 2.48. The van der Waals surface area contributed by atoms with Crippen LogP contribution in [0.4, 0.5) is 0 Å². The van der Waals surface area contributed by atoms with E-state index in [1.165, 1.54) is 0 Å². The maximum atomic E-state index is 11.5. The Bertz CT molecular complexity index is 265. The number of esters is 1. The molecule has 0 spiro atoms. The molecule has 0 aromatic carbocycles. The summed E-state index contributed by atoms with van der Waals surface area (Å²) in [4.78, 5) is 13.8. The first-order valence-corrected chi connectivity index (χ1v) is 5.96. The van der Waals surface area contributed by atoms with Crippen LogP contribution in [0.25, 0.3) is 0 Å². The normalized spacial score (nSPS) is 20.1. The van der Waals surface area contributed by atoms with E-state index in [1.807, 2.05) is 6.92 Å². The van der Waals surface area contributed by atoms with E-state index >= 15 is 0 Å². The molecule has 1 heterocycles. The zero-order valence-electron chi connectivity index (χ0n) is 10.1. The molecule has 1 saturated heterocycles. The van der Waals surface area contributed by atoms with Gasteiger partial charge < -0.3 is 4.74 Å². The molecule has 1 rings (SSSR count). The predicted molar refractivity (Wildman–Crippen MR) is 60.6 cm³/mol. The van der Waals surface area contributed by atoms with Gasteiger partial charge in [0, 0.05) is 6.04 Å². The Morgan fingerprint density at radius 2 is 2.19 bits per heavy atom. The molecule has 1 fully saturated rings. The van der Waals surface area contributed by atoms with Crippen LogP contribution in [0.5, 0.6) is 0 Å². The van der Waals surface area contributed by atoms with Crippen molar-refractivity contribution in [2.24, 2.45) is 5.92 Å². The lowest BCUT2D eigenvalue weighted by Gasteiger charge is -2.34. The maximum Gasteiger partial charge on any atom is 0.309 e. The second-order valence-corrected chi connectivity index (χ2v) is 4.27. The van der Waals surface area contributed by atoms with Crippen LogP contribution in [0.1, 0.15) is 33.1 Å². The van der Waals surface area contributed by atoms with Crippen LogP contribution in [0.2, 0.25) is 0 Å². The van der Waals surface area contributed by atoms with Crippen molar-refractivity contribution < 1.29 is 9.53 Å². The third kappa shape index (κ3) is 3.49. The van der Waals surface area contributed by atoms with Crippen LogP contribution in [0.15, 0.2) is 0 Å². The second-order valence-electron chi connectivity index (χ2n) is 4.27. The molecule has 1 atom stereocenters. The van der Waals surface area contributed by atoms with Gasteiger partial charge in [0.1, 0.15) is 0 Å². The Kier molecular flexibility index (Phi) is 5.27. The molecule has 0 bridgehead atoms. The lowest BCUT2D eigenvalue weighted by atomic mass is 9.96. The highest BCUT2D eigenvalue weighted by Gasteiger charge is 2.27. The van der Waals surface area contributed by atoms with Gasteiger partial charge in [-0.25, -0.2) is 0 Å². The van der Waals surface area contributed by atoms with E-state index in [2.05, 4.69) is 17.9 Å². The van der Waals surface area contributed by atoms with Gasteiger partial charge in [-0.1, -0.05) is 0 Å². The maximum absolute atomic E-state index is 11.5. The monoisotopic (exact) mass is 224 g/mol. The van der Waals surface area contributed by atoms with Crippen LogP contribution in [-0.4, -0.2) is 36.6 Å². The molecule has 1 aliphatic rings. The summed E-state index contributed by atoms with van der Waals surface area (Å²) in [5, 5.41) is 8.63. The van der Waals surface area contributed by atoms with Crippen LogP contribution in [0, 0.1) is 17.2 Å². The minimum Gasteiger partial charge on any atom is -0.466 e. The van der Waals surface area contributed by atoms with Crippen molar-refractivity contribution in [3.8, 4) is 6.07 Å². The van der Waals surface area contributed by atoms with E-state index in [9.17, 15) is 4.79 Å². The van der Waals surface area contributed by atoms with Gasteiger partial charge >= 0.3 is 5.97 Å². The summed E-state index contributed by atoms with van der Waals surface area (Å²) in [6.07, 6.45) is 2.27. The summed E-state index contributed by atoms with van der Waals surface area (Å²) in [7, 11) is 0. The van der Waals surface area contributed by atoms with E-state index in [-0.39, 0.29) is 11.9 Å². The molecular formula is C12H20N2O2. The number of nitrogens with zero attached hydrogens (tertiary/aromatic N) is 2. The molecule has 0 saturated carbocycles. The lowest BCUT2D eigenvalue weighted by molar-refractivity contribution is -0.149. The highest BCUT2D eigenvalue weighted by Crippen LogP contribution is 2.20. The predicted octanol–water partition coefficient (Wildman–Crippen LogP) is 1.56. The summed E-state index contributed by atoms with van der Waals surface area (Å²) in [5.74, 6) is 0.000530. The van der Waals surface area contributed by atoms with Crippen molar-refractivity contribution >= 4 is 5.97 Å². The van der Waals surface area contributed by atoms with Crippen molar-refractivity contribution in [2.75, 3.05) is 19.7 Å². The molecule has 0 amide bonds. The zero-order chi connectivity index (χ0) is 12.0. The van der Waals surface area contributed by atoms with Gasteiger partial charge in [0.2, 0.25) is 0 Å². The number of rotatable bonds is 4.